The highest BCUT2D eigenvalue weighted by Gasteiger charge is 2.24. The van der Waals surface area contributed by atoms with Crippen LogP contribution in [0.5, 0.6) is 23.0 Å². The van der Waals surface area contributed by atoms with E-state index >= 15 is 0 Å². The molecule has 0 aliphatic carbocycles. The maximum absolute atomic E-state index is 13.1. The summed E-state index contributed by atoms with van der Waals surface area (Å²) in [5, 5.41) is 10.9. The number of aromatic hydroxyl groups is 1. The Kier molecular flexibility index (Phi) is 6.18. The van der Waals surface area contributed by atoms with Crippen molar-refractivity contribution in [1.29, 1.82) is 0 Å². The lowest BCUT2D eigenvalue weighted by Crippen LogP contribution is -2.38. The Hall–Kier alpha value is -2.99. The van der Waals surface area contributed by atoms with Crippen molar-refractivity contribution in [1.82, 2.24) is 4.90 Å². The summed E-state index contributed by atoms with van der Waals surface area (Å²) in [6.45, 7) is 9.32. The normalized spacial score (nSPS) is 19.5. The molecule has 1 fully saturated rings. The zero-order valence-corrected chi connectivity index (χ0v) is 18.3. The van der Waals surface area contributed by atoms with Gasteiger partial charge in [-0.1, -0.05) is 26.0 Å². The van der Waals surface area contributed by atoms with Crippen molar-refractivity contribution in [2.24, 2.45) is 11.8 Å². The number of piperidine rings is 1. The van der Waals surface area contributed by atoms with Gasteiger partial charge >= 0.3 is 0 Å². The predicted molar refractivity (Wildman–Crippen MR) is 120 cm³/mol. The lowest BCUT2D eigenvalue weighted by Gasteiger charge is -2.35. The summed E-state index contributed by atoms with van der Waals surface area (Å²) >= 11 is 0. The first-order chi connectivity index (χ1) is 15.0. The molecule has 2 unspecified atom stereocenters. The van der Waals surface area contributed by atoms with Gasteiger partial charge in [-0.05, 0) is 49.4 Å². The minimum absolute atomic E-state index is 0.0801. The van der Waals surface area contributed by atoms with Crippen LogP contribution in [0, 0.1) is 11.8 Å². The van der Waals surface area contributed by atoms with Crippen LogP contribution < -0.4 is 14.9 Å². The van der Waals surface area contributed by atoms with Crippen molar-refractivity contribution >= 4 is 11.0 Å². The fraction of sp³-hybridized carbons (Fsp3) is 0.400. The van der Waals surface area contributed by atoms with Crippen LogP contribution in [-0.4, -0.2) is 29.7 Å². The Morgan fingerprint density at radius 3 is 2.48 bits per heavy atom. The number of likely N-dealkylation sites (tertiary alicyclic amines) is 1. The van der Waals surface area contributed by atoms with Gasteiger partial charge in [0.05, 0.1) is 17.6 Å². The van der Waals surface area contributed by atoms with E-state index in [9.17, 15) is 9.90 Å². The topological polar surface area (TPSA) is 72.1 Å². The summed E-state index contributed by atoms with van der Waals surface area (Å²) in [5.41, 5.74) is 0.757. The summed E-state index contributed by atoms with van der Waals surface area (Å²) in [6, 6.07) is 10.3. The molecule has 164 valence electrons. The number of phenolic OH excluding ortho intramolecular Hbond substituents is 1. The molecule has 0 bridgehead atoms. The summed E-state index contributed by atoms with van der Waals surface area (Å²) in [6.07, 6.45) is 2.52. The number of para-hydroxylation sites is 2. The lowest BCUT2D eigenvalue weighted by atomic mass is 9.91. The molecule has 1 saturated heterocycles. The highest BCUT2D eigenvalue weighted by atomic mass is 16.5. The number of hydrogen-bond acceptors (Lipinski definition) is 6. The van der Waals surface area contributed by atoms with E-state index in [-0.39, 0.29) is 16.9 Å². The number of fused-ring (bicyclic) bond motifs is 1. The first-order valence-electron chi connectivity index (χ1n) is 10.8. The number of nitrogens with zero attached hydrogens (tertiary/aromatic N) is 1. The van der Waals surface area contributed by atoms with Gasteiger partial charge in [0, 0.05) is 19.6 Å². The Labute approximate surface area is 182 Å². The third kappa shape index (κ3) is 4.54. The molecule has 2 heterocycles. The molecule has 1 N–H and O–H groups in total. The van der Waals surface area contributed by atoms with Gasteiger partial charge in [0.1, 0.15) is 17.6 Å². The van der Waals surface area contributed by atoms with Crippen molar-refractivity contribution < 1.29 is 19.0 Å². The third-order valence-corrected chi connectivity index (χ3v) is 5.68. The molecule has 6 heteroatoms. The van der Waals surface area contributed by atoms with Crippen molar-refractivity contribution in [2.45, 2.75) is 33.7 Å². The molecule has 1 aliphatic rings. The lowest BCUT2D eigenvalue weighted by molar-refractivity contribution is 0.133. The molecule has 6 nitrogen and oxygen atoms in total. The van der Waals surface area contributed by atoms with E-state index in [0.717, 1.165) is 13.1 Å². The Balaban J connectivity index is 1.68. The molecule has 2 aromatic carbocycles. The second kappa shape index (κ2) is 9.02. The molecule has 0 radical (unpaired) electrons. The van der Waals surface area contributed by atoms with Crippen LogP contribution in [0.25, 0.3) is 11.0 Å². The summed E-state index contributed by atoms with van der Waals surface area (Å²) in [7, 11) is 0. The average Bonchev–Trinajstić information content (AvgIpc) is 2.73. The van der Waals surface area contributed by atoms with Crippen LogP contribution in [0.15, 0.2) is 51.9 Å². The van der Waals surface area contributed by atoms with E-state index < -0.39 is 0 Å². The fourth-order valence-electron chi connectivity index (χ4n) is 4.53. The first-order valence-corrected chi connectivity index (χ1v) is 10.8. The molecule has 2 atom stereocenters. The van der Waals surface area contributed by atoms with Crippen molar-refractivity contribution in [3.8, 4) is 23.0 Å². The smallest absolute Gasteiger partial charge is 0.235 e. The molecule has 0 amide bonds. The minimum atomic E-state index is -0.283. The van der Waals surface area contributed by atoms with Crippen LogP contribution in [-0.2, 0) is 6.54 Å². The van der Waals surface area contributed by atoms with E-state index in [1.165, 1.54) is 12.7 Å². The van der Waals surface area contributed by atoms with Crippen LogP contribution in [0.3, 0.4) is 0 Å². The SMILES string of the molecule is CCOc1ccccc1Oc1coc2c(CN3CC(C)CC(C)C3)c(O)ccc2c1=O. The monoisotopic (exact) mass is 423 g/mol. The predicted octanol–water partition coefficient (Wildman–Crippen LogP) is 5.17. The van der Waals surface area contributed by atoms with Crippen LogP contribution in [0.1, 0.15) is 32.8 Å². The highest BCUT2D eigenvalue weighted by molar-refractivity contribution is 5.83. The number of hydrogen-bond donors (Lipinski definition) is 1. The standard InChI is InChI=1S/C25H29NO5/c1-4-29-21-7-5-6-8-22(21)31-23-15-30-25-18(24(23)28)9-10-20(27)19(25)14-26-12-16(2)11-17(3)13-26/h5-10,15-17,27H,4,11-14H2,1-3H3. The zero-order chi connectivity index (χ0) is 22.0. The largest absolute Gasteiger partial charge is 0.507 e. The van der Waals surface area contributed by atoms with Crippen molar-refractivity contribution in [3.63, 3.8) is 0 Å². The van der Waals surface area contributed by atoms with Gasteiger partial charge in [-0.15, -0.1) is 0 Å². The molecule has 1 aliphatic heterocycles. The fourth-order valence-corrected chi connectivity index (χ4v) is 4.53. The maximum Gasteiger partial charge on any atom is 0.235 e. The summed E-state index contributed by atoms with van der Waals surface area (Å²) < 4.78 is 17.3. The Morgan fingerprint density at radius 1 is 1.06 bits per heavy atom. The van der Waals surface area contributed by atoms with Crippen molar-refractivity contribution in [3.05, 3.63) is 58.4 Å². The highest BCUT2D eigenvalue weighted by Crippen LogP contribution is 2.33. The zero-order valence-electron chi connectivity index (χ0n) is 18.3. The Bertz CT molecular complexity index is 1110. The molecular formula is C25H29NO5. The molecule has 31 heavy (non-hydrogen) atoms. The van der Waals surface area contributed by atoms with E-state index in [1.807, 2.05) is 19.1 Å². The summed E-state index contributed by atoms with van der Waals surface area (Å²) in [4.78, 5) is 15.5. The van der Waals surface area contributed by atoms with Crippen LogP contribution in [0.4, 0.5) is 0 Å². The second-order valence-electron chi connectivity index (χ2n) is 8.49. The van der Waals surface area contributed by atoms with E-state index in [4.69, 9.17) is 13.9 Å². The van der Waals surface area contributed by atoms with Gasteiger partial charge in [-0.3, -0.25) is 9.69 Å². The van der Waals surface area contributed by atoms with Gasteiger partial charge in [-0.2, -0.15) is 0 Å². The third-order valence-electron chi connectivity index (χ3n) is 5.68. The molecule has 3 aromatic rings. The van der Waals surface area contributed by atoms with E-state index in [1.54, 1.807) is 24.3 Å². The summed E-state index contributed by atoms with van der Waals surface area (Å²) in [5.74, 6) is 2.42. The average molecular weight is 424 g/mol. The molecule has 4 rings (SSSR count). The molecule has 0 spiro atoms. The maximum atomic E-state index is 13.1. The van der Waals surface area contributed by atoms with E-state index in [0.29, 0.717) is 53.0 Å². The number of phenols is 1. The van der Waals surface area contributed by atoms with Gasteiger partial charge in [0.15, 0.2) is 11.5 Å². The number of benzene rings is 2. The quantitative estimate of drug-likeness (QED) is 0.590. The number of rotatable bonds is 6. The minimum Gasteiger partial charge on any atom is -0.507 e. The van der Waals surface area contributed by atoms with Gasteiger partial charge in [0.25, 0.3) is 0 Å². The first kappa shape index (κ1) is 21.2. The molecular weight excluding hydrogens is 394 g/mol. The molecule has 1 aromatic heterocycles. The van der Waals surface area contributed by atoms with Gasteiger partial charge in [-0.25, -0.2) is 0 Å². The van der Waals surface area contributed by atoms with E-state index in [2.05, 4.69) is 18.7 Å². The van der Waals surface area contributed by atoms with Gasteiger partial charge < -0.3 is 19.0 Å². The molecule has 0 saturated carbocycles. The van der Waals surface area contributed by atoms with Crippen LogP contribution >= 0.6 is 0 Å². The van der Waals surface area contributed by atoms with Gasteiger partial charge in [0.2, 0.25) is 11.2 Å². The van der Waals surface area contributed by atoms with Crippen molar-refractivity contribution in [2.75, 3.05) is 19.7 Å². The number of ether oxygens (including phenoxy) is 2. The second-order valence-corrected chi connectivity index (χ2v) is 8.49. The Morgan fingerprint density at radius 2 is 1.77 bits per heavy atom. The van der Waals surface area contributed by atoms with Crippen LogP contribution in [0.2, 0.25) is 0 Å².